The van der Waals surface area contributed by atoms with Gasteiger partial charge in [0.2, 0.25) is 0 Å². The molecule has 0 spiro atoms. The normalized spacial score (nSPS) is 12.3. The molecule has 0 aliphatic carbocycles. The SMILES string of the molecule is C=CC(CCCCCCC)OCC(=O)O. The second kappa shape index (κ2) is 9.71. The van der Waals surface area contributed by atoms with E-state index >= 15 is 0 Å². The van der Waals surface area contributed by atoms with Crippen molar-refractivity contribution in [1.82, 2.24) is 0 Å². The maximum Gasteiger partial charge on any atom is 0.329 e. The molecule has 1 unspecified atom stereocenters. The third-order valence-corrected chi connectivity index (χ3v) is 2.28. The smallest absolute Gasteiger partial charge is 0.329 e. The van der Waals surface area contributed by atoms with Crippen LogP contribution in [0, 0.1) is 0 Å². The molecule has 1 N–H and O–H groups in total. The molecular formula is C12H22O3. The van der Waals surface area contributed by atoms with Crippen molar-refractivity contribution >= 4 is 5.97 Å². The van der Waals surface area contributed by atoms with Crippen LogP contribution in [-0.2, 0) is 9.53 Å². The van der Waals surface area contributed by atoms with Crippen LogP contribution in [0.15, 0.2) is 12.7 Å². The quantitative estimate of drug-likeness (QED) is 0.449. The number of rotatable bonds is 10. The van der Waals surface area contributed by atoms with Crippen LogP contribution < -0.4 is 0 Å². The average Bonchev–Trinajstić information content (AvgIpc) is 2.22. The van der Waals surface area contributed by atoms with Crippen LogP contribution in [0.4, 0.5) is 0 Å². The molecule has 0 aliphatic heterocycles. The lowest BCUT2D eigenvalue weighted by Gasteiger charge is -2.11. The molecule has 0 aliphatic rings. The Labute approximate surface area is 92.1 Å². The van der Waals surface area contributed by atoms with Crippen LogP contribution in [0.3, 0.4) is 0 Å². The minimum absolute atomic E-state index is 0.109. The molecule has 0 saturated carbocycles. The number of carboxylic acid groups (broad SMARTS) is 1. The molecular weight excluding hydrogens is 192 g/mol. The molecule has 0 aromatic heterocycles. The van der Waals surface area contributed by atoms with Crippen molar-refractivity contribution in [3.8, 4) is 0 Å². The zero-order valence-corrected chi connectivity index (χ0v) is 9.58. The summed E-state index contributed by atoms with van der Waals surface area (Å²) in [5.41, 5.74) is 0. The van der Waals surface area contributed by atoms with E-state index in [1.165, 1.54) is 25.7 Å². The minimum atomic E-state index is -0.923. The lowest BCUT2D eigenvalue weighted by atomic mass is 10.1. The molecule has 3 nitrogen and oxygen atoms in total. The van der Waals surface area contributed by atoms with Gasteiger partial charge >= 0.3 is 5.97 Å². The molecule has 0 amide bonds. The van der Waals surface area contributed by atoms with Gasteiger partial charge in [0.15, 0.2) is 0 Å². The monoisotopic (exact) mass is 214 g/mol. The van der Waals surface area contributed by atoms with Gasteiger partial charge in [-0.15, -0.1) is 6.58 Å². The second-order valence-corrected chi connectivity index (χ2v) is 3.68. The fourth-order valence-electron chi connectivity index (χ4n) is 1.40. The molecule has 0 bridgehead atoms. The van der Waals surface area contributed by atoms with Crippen molar-refractivity contribution < 1.29 is 14.6 Å². The molecule has 1 atom stereocenters. The maximum atomic E-state index is 10.3. The summed E-state index contributed by atoms with van der Waals surface area (Å²) >= 11 is 0. The van der Waals surface area contributed by atoms with Crippen LogP contribution in [0.1, 0.15) is 45.4 Å². The molecule has 0 saturated heterocycles. The van der Waals surface area contributed by atoms with E-state index in [0.29, 0.717) is 0 Å². The van der Waals surface area contributed by atoms with Gasteiger partial charge < -0.3 is 9.84 Å². The van der Waals surface area contributed by atoms with Crippen LogP contribution in [0.25, 0.3) is 0 Å². The first-order valence-electron chi connectivity index (χ1n) is 5.66. The zero-order chi connectivity index (χ0) is 11.5. The summed E-state index contributed by atoms with van der Waals surface area (Å²) in [5, 5.41) is 8.44. The minimum Gasteiger partial charge on any atom is -0.480 e. The molecule has 0 aromatic carbocycles. The fourth-order valence-corrected chi connectivity index (χ4v) is 1.40. The summed E-state index contributed by atoms with van der Waals surface area (Å²) in [6.07, 6.45) is 8.48. The Balaban J connectivity index is 3.44. The van der Waals surface area contributed by atoms with Gasteiger partial charge in [-0.05, 0) is 6.42 Å². The second-order valence-electron chi connectivity index (χ2n) is 3.68. The molecule has 0 fully saturated rings. The molecule has 0 aromatic rings. The van der Waals surface area contributed by atoms with Crippen molar-refractivity contribution in [2.75, 3.05) is 6.61 Å². The number of ether oxygens (including phenoxy) is 1. The Morgan fingerprint density at radius 3 is 2.60 bits per heavy atom. The first-order chi connectivity index (χ1) is 7.20. The summed E-state index contributed by atoms with van der Waals surface area (Å²) in [4.78, 5) is 10.3. The van der Waals surface area contributed by atoms with E-state index in [9.17, 15) is 4.79 Å². The predicted molar refractivity (Wildman–Crippen MR) is 60.9 cm³/mol. The van der Waals surface area contributed by atoms with Gasteiger partial charge in [-0.25, -0.2) is 4.79 Å². The summed E-state index contributed by atoms with van der Waals surface area (Å²) in [7, 11) is 0. The summed E-state index contributed by atoms with van der Waals surface area (Å²) in [6.45, 7) is 5.59. The lowest BCUT2D eigenvalue weighted by molar-refractivity contribution is -0.143. The Hall–Kier alpha value is -0.830. The molecule has 3 heteroatoms. The Kier molecular flexibility index (Phi) is 9.18. The molecule has 15 heavy (non-hydrogen) atoms. The Bertz CT molecular complexity index is 178. The van der Waals surface area contributed by atoms with E-state index in [4.69, 9.17) is 9.84 Å². The zero-order valence-electron chi connectivity index (χ0n) is 9.58. The Morgan fingerprint density at radius 1 is 1.40 bits per heavy atom. The van der Waals surface area contributed by atoms with Crippen LogP contribution in [-0.4, -0.2) is 23.8 Å². The van der Waals surface area contributed by atoms with Gasteiger partial charge in [0.1, 0.15) is 6.61 Å². The van der Waals surface area contributed by atoms with E-state index in [1.54, 1.807) is 6.08 Å². The van der Waals surface area contributed by atoms with Crippen molar-refractivity contribution in [1.29, 1.82) is 0 Å². The third-order valence-electron chi connectivity index (χ3n) is 2.28. The Morgan fingerprint density at radius 2 is 2.07 bits per heavy atom. The summed E-state index contributed by atoms with van der Waals surface area (Å²) in [5.74, 6) is -0.923. The summed E-state index contributed by atoms with van der Waals surface area (Å²) in [6, 6.07) is 0. The first kappa shape index (κ1) is 14.2. The van der Waals surface area contributed by atoms with Gasteiger partial charge in [-0.3, -0.25) is 0 Å². The van der Waals surface area contributed by atoms with Gasteiger partial charge in [0.05, 0.1) is 6.10 Å². The lowest BCUT2D eigenvalue weighted by Crippen LogP contribution is -2.15. The highest BCUT2D eigenvalue weighted by Gasteiger charge is 2.06. The number of aliphatic carboxylic acids is 1. The van der Waals surface area contributed by atoms with Crippen molar-refractivity contribution in [2.24, 2.45) is 0 Å². The van der Waals surface area contributed by atoms with Crippen molar-refractivity contribution in [3.63, 3.8) is 0 Å². The molecule has 88 valence electrons. The number of hydrogen-bond donors (Lipinski definition) is 1. The highest BCUT2D eigenvalue weighted by atomic mass is 16.5. The largest absolute Gasteiger partial charge is 0.480 e. The molecule has 0 radical (unpaired) electrons. The van der Waals surface area contributed by atoms with Gasteiger partial charge in [0, 0.05) is 0 Å². The van der Waals surface area contributed by atoms with Gasteiger partial charge in [-0.2, -0.15) is 0 Å². The van der Waals surface area contributed by atoms with E-state index in [2.05, 4.69) is 13.5 Å². The summed E-state index contributed by atoms with van der Waals surface area (Å²) < 4.78 is 5.14. The van der Waals surface area contributed by atoms with Crippen LogP contribution in [0.2, 0.25) is 0 Å². The van der Waals surface area contributed by atoms with E-state index in [0.717, 1.165) is 12.8 Å². The highest BCUT2D eigenvalue weighted by molar-refractivity contribution is 5.68. The van der Waals surface area contributed by atoms with Gasteiger partial charge in [0.25, 0.3) is 0 Å². The first-order valence-corrected chi connectivity index (χ1v) is 5.66. The maximum absolute atomic E-state index is 10.3. The number of carboxylic acids is 1. The molecule has 0 rings (SSSR count). The van der Waals surface area contributed by atoms with Crippen LogP contribution >= 0.6 is 0 Å². The number of hydrogen-bond acceptors (Lipinski definition) is 2. The fraction of sp³-hybridized carbons (Fsp3) is 0.750. The third kappa shape index (κ3) is 9.47. The standard InChI is InChI=1S/C12H22O3/c1-3-5-6-7-8-9-11(4-2)15-10-12(13)14/h4,11H,2-3,5-10H2,1H3,(H,13,14). The topological polar surface area (TPSA) is 46.5 Å². The van der Waals surface area contributed by atoms with Gasteiger partial charge in [-0.1, -0.05) is 45.1 Å². The highest BCUT2D eigenvalue weighted by Crippen LogP contribution is 2.09. The van der Waals surface area contributed by atoms with Crippen molar-refractivity contribution in [3.05, 3.63) is 12.7 Å². The predicted octanol–water partition coefficient (Wildman–Crippen LogP) is 3.00. The van der Waals surface area contributed by atoms with E-state index in [-0.39, 0.29) is 12.7 Å². The molecule has 0 heterocycles. The number of carbonyl (C=O) groups is 1. The van der Waals surface area contributed by atoms with E-state index < -0.39 is 5.97 Å². The van der Waals surface area contributed by atoms with Crippen molar-refractivity contribution in [2.45, 2.75) is 51.6 Å². The van der Waals surface area contributed by atoms with Crippen LogP contribution in [0.5, 0.6) is 0 Å². The number of unbranched alkanes of at least 4 members (excludes halogenated alkanes) is 4. The average molecular weight is 214 g/mol. The van der Waals surface area contributed by atoms with E-state index in [1.807, 2.05) is 0 Å².